The van der Waals surface area contributed by atoms with Crippen molar-refractivity contribution in [2.75, 3.05) is 0 Å². The Kier molecular flexibility index (Phi) is 3.15. The molecular formula is C12H18OS. The van der Waals surface area contributed by atoms with Crippen LogP contribution in [0.15, 0.2) is 6.07 Å². The van der Waals surface area contributed by atoms with Crippen LogP contribution >= 0.6 is 11.3 Å². The van der Waals surface area contributed by atoms with Crippen molar-refractivity contribution in [3.63, 3.8) is 0 Å². The van der Waals surface area contributed by atoms with Crippen molar-refractivity contribution >= 4 is 17.1 Å². The Morgan fingerprint density at radius 3 is 2.36 bits per heavy atom. The van der Waals surface area contributed by atoms with Crippen LogP contribution < -0.4 is 0 Å². The Balaban J connectivity index is 3.06. The zero-order valence-corrected chi connectivity index (χ0v) is 10.4. The molecule has 1 heterocycles. The van der Waals surface area contributed by atoms with Gasteiger partial charge in [-0.15, -0.1) is 11.3 Å². The lowest BCUT2D eigenvalue weighted by molar-refractivity contribution is 0.0833. The van der Waals surface area contributed by atoms with Crippen LogP contribution in [-0.2, 0) is 0 Å². The number of hydrogen-bond acceptors (Lipinski definition) is 2. The molecule has 0 spiro atoms. The first-order valence-electron chi connectivity index (χ1n) is 5.00. The van der Waals surface area contributed by atoms with E-state index in [1.807, 2.05) is 33.8 Å². The number of carbonyl (C=O) groups is 1. The summed E-state index contributed by atoms with van der Waals surface area (Å²) in [6, 6.07) is 2.01. The van der Waals surface area contributed by atoms with Gasteiger partial charge in [0.1, 0.15) is 0 Å². The van der Waals surface area contributed by atoms with Gasteiger partial charge < -0.3 is 0 Å². The quantitative estimate of drug-likeness (QED) is 0.690. The third-order valence-corrected chi connectivity index (χ3v) is 3.75. The van der Waals surface area contributed by atoms with Gasteiger partial charge >= 0.3 is 0 Å². The summed E-state index contributed by atoms with van der Waals surface area (Å²) in [5.74, 6) is 0.279. The number of Topliss-reactive ketones (excluding diaryl/α,β-unsaturated/α-hetero) is 1. The third-order valence-electron chi connectivity index (χ3n) is 2.78. The summed E-state index contributed by atoms with van der Waals surface area (Å²) in [6.07, 6.45) is 0.889. The number of rotatable bonds is 3. The first-order valence-corrected chi connectivity index (χ1v) is 5.82. The van der Waals surface area contributed by atoms with Crippen LogP contribution in [0.4, 0.5) is 0 Å². The van der Waals surface area contributed by atoms with E-state index in [4.69, 9.17) is 0 Å². The summed E-state index contributed by atoms with van der Waals surface area (Å²) in [6.45, 7) is 10.2. The van der Waals surface area contributed by atoms with Crippen LogP contribution in [0.5, 0.6) is 0 Å². The van der Waals surface area contributed by atoms with Gasteiger partial charge in [0.05, 0.1) is 0 Å². The summed E-state index contributed by atoms with van der Waals surface area (Å²) in [5.41, 5.74) is 0.692. The second-order valence-corrected chi connectivity index (χ2v) is 5.85. The molecule has 0 unspecified atom stereocenters. The average molecular weight is 210 g/mol. The van der Waals surface area contributed by atoms with E-state index in [9.17, 15) is 4.79 Å². The van der Waals surface area contributed by atoms with Gasteiger partial charge in [0.2, 0.25) is 0 Å². The molecule has 1 rings (SSSR count). The van der Waals surface area contributed by atoms with Crippen molar-refractivity contribution in [3.05, 3.63) is 21.4 Å². The number of carbonyl (C=O) groups excluding carboxylic acids is 1. The molecule has 2 heteroatoms. The minimum atomic E-state index is -0.224. The topological polar surface area (TPSA) is 17.1 Å². The summed E-state index contributed by atoms with van der Waals surface area (Å²) < 4.78 is 0. The Morgan fingerprint density at radius 2 is 2.00 bits per heavy atom. The molecule has 1 aromatic rings. The van der Waals surface area contributed by atoms with Crippen molar-refractivity contribution in [1.29, 1.82) is 0 Å². The molecule has 0 aliphatic heterocycles. The van der Waals surface area contributed by atoms with Crippen molar-refractivity contribution in [1.82, 2.24) is 0 Å². The van der Waals surface area contributed by atoms with Gasteiger partial charge in [-0.2, -0.15) is 0 Å². The van der Waals surface area contributed by atoms with Gasteiger partial charge in [0, 0.05) is 20.7 Å². The van der Waals surface area contributed by atoms with E-state index in [-0.39, 0.29) is 11.2 Å². The van der Waals surface area contributed by atoms with Crippen LogP contribution in [0.1, 0.15) is 47.3 Å². The fourth-order valence-corrected chi connectivity index (χ4v) is 2.30. The van der Waals surface area contributed by atoms with E-state index in [1.54, 1.807) is 11.3 Å². The molecule has 0 amide bonds. The molecule has 0 aliphatic carbocycles. The smallest absolute Gasteiger partial charge is 0.169 e. The van der Waals surface area contributed by atoms with Gasteiger partial charge in [-0.05, 0) is 26.3 Å². The van der Waals surface area contributed by atoms with Crippen molar-refractivity contribution in [2.24, 2.45) is 5.41 Å². The number of hydrogen-bond donors (Lipinski definition) is 0. The molecular weight excluding hydrogens is 192 g/mol. The van der Waals surface area contributed by atoms with Crippen LogP contribution in [0.3, 0.4) is 0 Å². The van der Waals surface area contributed by atoms with E-state index < -0.39 is 0 Å². The van der Waals surface area contributed by atoms with Gasteiger partial charge in [-0.3, -0.25) is 4.79 Å². The zero-order chi connectivity index (χ0) is 10.9. The van der Waals surface area contributed by atoms with Gasteiger partial charge in [0.25, 0.3) is 0 Å². The number of thiophene rings is 1. The molecule has 1 aromatic heterocycles. The maximum absolute atomic E-state index is 12.1. The van der Waals surface area contributed by atoms with E-state index in [0.29, 0.717) is 0 Å². The standard InChI is InChI=1S/C12H18OS/c1-6-12(4,5)11(13)10-7-8(2)14-9(10)3/h7H,6H2,1-5H3. The molecule has 0 atom stereocenters. The Labute approximate surface area is 90.2 Å². The summed E-state index contributed by atoms with van der Waals surface area (Å²) in [4.78, 5) is 14.5. The normalized spacial score (nSPS) is 11.8. The van der Waals surface area contributed by atoms with E-state index in [0.717, 1.165) is 16.9 Å². The van der Waals surface area contributed by atoms with E-state index in [2.05, 4.69) is 6.92 Å². The largest absolute Gasteiger partial charge is 0.294 e. The Morgan fingerprint density at radius 1 is 1.43 bits per heavy atom. The second-order valence-electron chi connectivity index (χ2n) is 4.39. The maximum Gasteiger partial charge on any atom is 0.169 e. The SMILES string of the molecule is CCC(C)(C)C(=O)c1cc(C)sc1C. The van der Waals surface area contributed by atoms with E-state index >= 15 is 0 Å². The maximum atomic E-state index is 12.1. The fourth-order valence-electron chi connectivity index (χ4n) is 1.38. The Hall–Kier alpha value is -0.630. The second kappa shape index (κ2) is 3.85. The van der Waals surface area contributed by atoms with Crippen molar-refractivity contribution < 1.29 is 4.79 Å². The van der Waals surface area contributed by atoms with Gasteiger partial charge in [-0.1, -0.05) is 20.8 Å². The summed E-state index contributed by atoms with van der Waals surface area (Å²) in [7, 11) is 0. The highest BCUT2D eigenvalue weighted by Gasteiger charge is 2.28. The molecule has 78 valence electrons. The average Bonchev–Trinajstić information content (AvgIpc) is 2.44. The van der Waals surface area contributed by atoms with Gasteiger partial charge in [-0.25, -0.2) is 0 Å². The van der Waals surface area contributed by atoms with Crippen molar-refractivity contribution in [2.45, 2.75) is 41.0 Å². The molecule has 0 aromatic carbocycles. The lowest BCUT2D eigenvalue weighted by atomic mass is 9.82. The highest BCUT2D eigenvalue weighted by molar-refractivity contribution is 7.12. The minimum absolute atomic E-state index is 0.224. The predicted molar refractivity (Wildman–Crippen MR) is 62.2 cm³/mol. The van der Waals surface area contributed by atoms with Crippen LogP contribution in [-0.4, -0.2) is 5.78 Å². The lowest BCUT2D eigenvalue weighted by Crippen LogP contribution is -2.23. The fraction of sp³-hybridized carbons (Fsp3) is 0.583. The molecule has 14 heavy (non-hydrogen) atoms. The van der Waals surface area contributed by atoms with Crippen LogP contribution in [0, 0.1) is 19.3 Å². The molecule has 0 saturated carbocycles. The zero-order valence-electron chi connectivity index (χ0n) is 9.60. The van der Waals surface area contributed by atoms with Crippen LogP contribution in [0.2, 0.25) is 0 Å². The molecule has 0 fully saturated rings. The molecule has 1 nitrogen and oxygen atoms in total. The highest BCUT2D eigenvalue weighted by Crippen LogP contribution is 2.30. The first-order chi connectivity index (χ1) is 6.38. The minimum Gasteiger partial charge on any atom is -0.294 e. The molecule has 0 bridgehead atoms. The number of aryl methyl sites for hydroxylation is 2. The monoisotopic (exact) mass is 210 g/mol. The molecule has 0 radical (unpaired) electrons. The van der Waals surface area contributed by atoms with Crippen molar-refractivity contribution in [3.8, 4) is 0 Å². The number of ketones is 1. The summed E-state index contributed by atoms with van der Waals surface area (Å²) >= 11 is 1.70. The van der Waals surface area contributed by atoms with Gasteiger partial charge in [0.15, 0.2) is 5.78 Å². The van der Waals surface area contributed by atoms with E-state index in [1.165, 1.54) is 4.88 Å². The van der Waals surface area contributed by atoms with Crippen LogP contribution in [0.25, 0.3) is 0 Å². The predicted octanol–water partition coefficient (Wildman–Crippen LogP) is 3.98. The molecule has 0 saturated heterocycles. The highest BCUT2D eigenvalue weighted by atomic mass is 32.1. The first kappa shape index (κ1) is 11.4. The lowest BCUT2D eigenvalue weighted by Gasteiger charge is -2.20. The Bertz CT molecular complexity index is 347. The summed E-state index contributed by atoms with van der Waals surface area (Å²) in [5, 5.41) is 0. The molecule has 0 aliphatic rings. The third kappa shape index (κ3) is 2.06. The molecule has 0 N–H and O–H groups in total.